The van der Waals surface area contributed by atoms with Gasteiger partial charge < -0.3 is 9.22 Å². The first-order chi connectivity index (χ1) is 4.37. The largest absolute Gasteiger partial charge is 0.369 e. The van der Waals surface area contributed by atoms with Crippen molar-refractivity contribution in [2.45, 2.75) is 13.0 Å². The van der Waals surface area contributed by atoms with Crippen LogP contribution in [0.25, 0.3) is 0 Å². The predicted molar refractivity (Wildman–Crippen MR) is 35.1 cm³/mol. The monoisotopic (exact) mass is 128 g/mol. The molecule has 2 saturated heterocycles. The van der Waals surface area contributed by atoms with E-state index < -0.39 is 0 Å². The lowest BCUT2D eigenvalue weighted by Gasteiger charge is -2.22. The molecule has 0 bridgehead atoms. The van der Waals surface area contributed by atoms with Crippen LogP contribution in [0.1, 0.15) is 6.92 Å². The molecule has 0 radical (unpaired) electrons. The SMILES string of the molecule is CC[N+]12CCOCC1C2. The van der Waals surface area contributed by atoms with Crippen molar-refractivity contribution >= 4 is 0 Å². The van der Waals surface area contributed by atoms with E-state index in [2.05, 4.69) is 6.92 Å². The van der Waals surface area contributed by atoms with E-state index in [4.69, 9.17) is 4.74 Å². The molecule has 2 aliphatic heterocycles. The Morgan fingerprint density at radius 2 is 2.56 bits per heavy atom. The number of hydrogen-bond donors (Lipinski definition) is 0. The fraction of sp³-hybridized carbons (Fsp3) is 1.00. The summed E-state index contributed by atoms with van der Waals surface area (Å²) in [4.78, 5) is 0. The molecule has 0 aromatic rings. The minimum Gasteiger partial charge on any atom is -0.369 e. The number of quaternary nitrogens is 1. The van der Waals surface area contributed by atoms with Gasteiger partial charge in [-0.05, 0) is 6.92 Å². The fourth-order valence-electron chi connectivity index (χ4n) is 1.87. The molecule has 2 nitrogen and oxygen atoms in total. The van der Waals surface area contributed by atoms with E-state index in [0.29, 0.717) is 0 Å². The van der Waals surface area contributed by atoms with Crippen LogP contribution >= 0.6 is 0 Å². The van der Waals surface area contributed by atoms with Crippen LogP contribution in [0.2, 0.25) is 0 Å². The second-order valence-corrected chi connectivity index (χ2v) is 3.17. The average Bonchev–Trinajstić information content (AvgIpc) is 2.62. The summed E-state index contributed by atoms with van der Waals surface area (Å²) >= 11 is 0. The molecule has 0 spiro atoms. The maximum absolute atomic E-state index is 5.33. The lowest BCUT2D eigenvalue weighted by Crippen LogP contribution is -2.38. The third-order valence-electron chi connectivity index (χ3n) is 2.84. The topological polar surface area (TPSA) is 9.23 Å². The Morgan fingerprint density at radius 3 is 3.11 bits per heavy atom. The highest BCUT2D eigenvalue weighted by Gasteiger charge is 2.55. The van der Waals surface area contributed by atoms with Crippen molar-refractivity contribution in [3.8, 4) is 0 Å². The normalized spacial score (nSPS) is 48.3. The van der Waals surface area contributed by atoms with Crippen LogP contribution in [0.15, 0.2) is 0 Å². The second-order valence-electron chi connectivity index (χ2n) is 3.17. The lowest BCUT2D eigenvalue weighted by atomic mass is 10.4. The van der Waals surface area contributed by atoms with Crippen molar-refractivity contribution in [3.05, 3.63) is 0 Å². The molecule has 9 heavy (non-hydrogen) atoms. The Morgan fingerprint density at radius 1 is 1.67 bits per heavy atom. The minimum absolute atomic E-state index is 0.878. The number of rotatable bonds is 1. The molecule has 0 N–H and O–H groups in total. The zero-order chi connectivity index (χ0) is 6.32. The Hall–Kier alpha value is -0.0800. The number of hydrogen-bond acceptors (Lipinski definition) is 1. The van der Waals surface area contributed by atoms with Gasteiger partial charge in [0.05, 0.1) is 13.2 Å². The van der Waals surface area contributed by atoms with E-state index in [1.807, 2.05) is 0 Å². The smallest absolute Gasteiger partial charge is 0.162 e. The molecule has 2 heteroatoms. The third kappa shape index (κ3) is 0.700. The highest BCUT2D eigenvalue weighted by molar-refractivity contribution is 4.76. The molecule has 0 aromatic heterocycles. The van der Waals surface area contributed by atoms with Crippen molar-refractivity contribution < 1.29 is 9.22 Å². The molecule has 2 unspecified atom stereocenters. The summed E-state index contributed by atoms with van der Waals surface area (Å²) in [5.74, 6) is 0. The quantitative estimate of drug-likeness (QED) is 0.363. The van der Waals surface area contributed by atoms with Gasteiger partial charge in [0.15, 0.2) is 6.04 Å². The van der Waals surface area contributed by atoms with Crippen LogP contribution in [0.4, 0.5) is 0 Å². The maximum Gasteiger partial charge on any atom is 0.162 e. The van der Waals surface area contributed by atoms with Gasteiger partial charge in [-0.15, -0.1) is 0 Å². The van der Waals surface area contributed by atoms with Crippen molar-refractivity contribution in [1.29, 1.82) is 0 Å². The van der Waals surface area contributed by atoms with Gasteiger partial charge in [-0.1, -0.05) is 0 Å². The van der Waals surface area contributed by atoms with Crippen molar-refractivity contribution in [3.63, 3.8) is 0 Å². The number of ether oxygens (including phenoxy) is 1. The first-order valence-corrected chi connectivity index (χ1v) is 3.81. The fourth-order valence-corrected chi connectivity index (χ4v) is 1.87. The van der Waals surface area contributed by atoms with Crippen LogP contribution in [-0.2, 0) is 4.74 Å². The molecule has 52 valence electrons. The van der Waals surface area contributed by atoms with E-state index in [0.717, 1.165) is 19.3 Å². The molecule has 2 atom stereocenters. The van der Waals surface area contributed by atoms with E-state index >= 15 is 0 Å². The van der Waals surface area contributed by atoms with E-state index in [9.17, 15) is 0 Å². The zero-order valence-electron chi connectivity index (χ0n) is 5.97. The Kier molecular flexibility index (Phi) is 1.08. The van der Waals surface area contributed by atoms with Crippen LogP contribution in [0, 0.1) is 0 Å². The second kappa shape index (κ2) is 1.70. The highest BCUT2D eigenvalue weighted by atomic mass is 16.5. The molecular weight excluding hydrogens is 114 g/mol. The van der Waals surface area contributed by atoms with Crippen LogP contribution in [0.5, 0.6) is 0 Å². The van der Waals surface area contributed by atoms with E-state index in [1.165, 1.54) is 24.1 Å². The summed E-state index contributed by atoms with van der Waals surface area (Å²) in [5.41, 5.74) is 0. The molecule has 0 amide bonds. The van der Waals surface area contributed by atoms with Crippen molar-refractivity contribution in [2.75, 3.05) is 32.8 Å². The highest BCUT2D eigenvalue weighted by Crippen LogP contribution is 2.32. The Labute approximate surface area is 56.0 Å². The summed E-state index contributed by atoms with van der Waals surface area (Å²) in [6.07, 6.45) is 0. The van der Waals surface area contributed by atoms with E-state index in [-0.39, 0.29) is 0 Å². The van der Waals surface area contributed by atoms with Gasteiger partial charge in [0.1, 0.15) is 19.7 Å². The summed E-state index contributed by atoms with van der Waals surface area (Å²) in [6.45, 7) is 8.26. The van der Waals surface area contributed by atoms with E-state index in [1.54, 1.807) is 0 Å². The zero-order valence-corrected chi connectivity index (χ0v) is 5.97. The summed E-state index contributed by atoms with van der Waals surface area (Å²) in [5, 5.41) is 0. The van der Waals surface area contributed by atoms with Gasteiger partial charge in [-0.25, -0.2) is 0 Å². The number of nitrogens with zero attached hydrogens (tertiary/aromatic N) is 1. The molecular formula is C7H14NO+. The van der Waals surface area contributed by atoms with Crippen LogP contribution < -0.4 is 0 Å². The summed E-state index contributed by atoms with van der Waals surface area (Å²) in [7, 11) is 0. The van der Waals surface area contributed by atoms with Gasteiger partial charge in [0.25, 0.3) is 0 Å². The molecule has 2 fully saturated rings. The number of likely N-dealkylation sites (N-methyl/N-ethyl adjacent to an activating group) is 1. The van der Waals surface area contributed by atoms with Crippen LogP contribution in [-0.4, -0.2) is 43.4 Å². The average molecular weight is 128 g/mol. The van der Waals surface area contributed by atoms with Crippen LogP contribution in [0.3, 0.4) is 0 Å². The molecule has 0 saturated carbocycles. The molecule has 0 aromatic carbocycles. The molecule has 2 rings (SSSR count). The molecule has 2 aliphatic rings. The van der Waals surface area contributed by atoms with Gasteiger partial charge in [0.2, 0.25) is 0 Å². The van der Waals surface area contributed by atoms with Crippen molar-refractivity contribution in [2.24, 2.45) is 0 Å². The standard InChI is InChI=1S/C7H14NO/c1-2-8-3-4-9-6-7(8)5-8/h7H,2-6H2,1H3/q+1. The Bertz CT molecular complexity index is 126. The van der Waals surface area contributed by atoms with Gasteiger partial charge in [-0.3, -0.25) is 0 Å². The predicted octanol–water partition coefficient (Wildman–Crippen LogP) is 0.235. The summed E-state index contributed by atoms with van der Waals surface area (Å²) in [6, 6.07) is 0.878. The molecule has 0 aliphatic carbocycles. The lowest BCUT2D eigenvalue weighted by molar-refractivity contribution is -0.819. The first kappa shape index (κ1) is 5.69. The number of morpholine rings is 1. The maximum atomic E-state index is 5.33. The Balaban J connectivity index is 2.01. The minimum atomic E-state index is 0.878. The molecule has 2 heterocycles. The van der Waals surface area contributed by atoms with Gasteiger partial charge in [-0.2, -0.15) is 0 Å². The summed E-state index contributed by atoms with van der Waals surface area (Å²) < 4.78 is 6.70. The van der Waals surface area contributed by atoms with Gasteiger partial charge >= 0.3 is 0 Å². The third-order valence-corrected chi connectivity index (χ3v) is 2.84. The first-order valence-electron chi connectivity index (χ1n) is 3.81. The van der Waals surface area contributed by atoms with Gasteiger partial charge in [0, 0.05) is 0 Å². The van der Waals surface area contributed by atoms with Crippen molar-refractivity contribution in [1.82, 2.24) is 0 Å². The number of fused-ring (bicyclic) bond motifs is 1.